The lowest BCUT2D eigenvalue weighted by molar-refractivity contribution is 0.0468. The zero-order valence-corrected chi connectivity index (χ0v) is 19.6. The van der Waals surface area contributed by atoms with Crippen LogP contribution in [0.25, 0.3) is 0 Å². The van der Waals surface area contributed by atoms with Gasteiger partial charge in [0, 0.05) is 11.1 Å². The molecule has 0 aliphatic heterocycles. The van der Waals surface area contributed by atoms with Crippen LogP contribution < -0.4 is 8.92 Å². The van der Waals surface area contributed by atoms with Crippen molar-refractivity contribution >= 4 is 21.9 Å². The molecule has 0 aromatic heterocycles. The Hall–Kier alpha value is -3.65. The van der Waals surface area contributed by atoms with Gasteiger partial charge in [-0.25, -0.2) is 4.79 Å². The molecule has 0 amide bonds. The number of carbonyl (C=O) groups excluding carboxylic acids is 2. The molecule has 0 saturated carbocycles. The van der Waals surface area contributed by atoms with E-state index in [1.807, 2.05) is 0 Å². The van der Waals surface area contributed by atoms with E-state index in [0.717, 1.165) is 5.56 Å². The van der Waals surface area contributed by atoms with Crippen LogP contribution in [-0.4, -0.2) is 27.3 Å². The summed E-state index contributed by atoms with van der Waals surface area (Å²) in [6, 6.07) is 15.8. The van der Waals surface area contributed by atoms with E-state index < -0.39 is 16.1 Å². The van der Waals surface area contributed by atoms with Crippen molar-refractivity contribution in [2.75, 3.05) is 7.11 Å². The molecule has 0 spiro atoms. The van der Waals surface area contributed by atoms with Crippen molar-refractivity contribution in [1.82, 2.24) is 0 Å². The molecule has 8 heteroatoms. The molecule has 0 heterocycles. The summed E-state index contributed by atoms with van der Waals surface area (Å²) in [5.74, 6) is -0.611. The van der Waals surface area contributed by atoms with Crippen molar-refractivity contribution in [1.29, 1.82) is 0 Å². The van der Waals surface area contributed by atoms with E-state index in [4.69, 9.17) is 13.7 Å². The summed E-state index contributed by atoms with van der Waals surface area (Å²) in [6.07, 6.45) is 0. The van der Waals surface area contributed by atoms with Crippen LogP contribution in [-0.2, 0) is 21.5 Å². The number of rotatable bonds is 8. The Labute approximate surface area is 193 Å². The number of aryl methyl sites for hydroxylation is 2. The second-order valence-corrected chi connectivity index (χ2v) is 8.98. The monoisotopic (exact) mass is 468 g/mol. The average molecular weight is 469 g/mol. The molecule has 0 N–H and O–H groups in total. The third kappa shape index (κ3) is 5.59. The van der Waals surface area contributed by atoms with Gasteiger partial charge >= 0.3 is 16.1 Å². The quantitative estimate of drug-likeness (QED) is 0.270. The summed E-state index contributed by atoms with van der Waals surface area (Å²) in [5.41, 5.74) is 2.19. The van der Waals surface area contributed by atoms with Crippen molar-refractivity contribution in [3.63, 3.8) is 0 Å². The predicted octanol–water partition coefficient (Wildman–Crippen LogP) is 4.64. The van der Waals surface area contributed by atoms with Crippen LogP contribution in [0.3, 0.4) is 0 Å². The number of ether oxygens (including phenoxy) is 2. The lowest BCUT2D eigenvalue weighted by Crippen LogP contribution is -2.15. The van der Waals surface area contributed by atoms with Gasteiger partial charge in [0.15, 0.2) is 11.5 Å². The number of benzene rings is 3. The molecule has 3 aromatic carbocycles. The molecule has 7 nitrogen and oxygen atoms in total. The highest BCUT2D eigenvalue weighted by Gasteiger charge is 2.23. The van der Waals surface area contributed by atoms with E-state index in [9.17, 15) is 18.0 Å². The molecule has 3 rings (SSSR count). The standard InChI is InChI=1S/C25H24O7S/c1-16-9-10-17(2)24(13-16)33(28,29)32-23-8-6-5-7-21(23)25(27)31-15-20-14-19(18(3)26)11-12-22(20)30-4/h5-14H,15H2,1-4H3. The minimum atomic E-state index is -4.18. The first-order valence-electron chi connectivity index (χ1n) is 10.1. The molecule has 0 fully saturated rings. The Morgan fingerprint density at radius 3 is 2.33 bits per heavy atom. The predicted molar refractivity (Wildman–Crippen MR) is 122 cm³/mol. The Morgan fingerprint density at radius 1 is 0.909 bits per heavy atom. The van der Waals surface area contributed by atoms with Crippen molar-refractivity contribution in [3.8, 4) is 11.5 Å². The Balaban J connectivity index is 1.85. The minimum absolute atomic E-state index is 0.0245. The molecular weight excluding hydrogens is 444 g/mol. The van der Waals surface area contributed by atoms with Crippen LogP contribution in [0.5, 0.6) is 11.5 Å². The number of ketones is 1. The molecule has 33 heavy (non-hydrogen) atoms. The van der Waals surface area contributed by atoms with E-state index in [1.54, 1.807) is 56.3 Å². The first kappa shape index (κ1) is 24.0. The van der Waals surface area contributed by atoms with Crippen LogP contribution in [0.1, 0.15) is 44.3 Å². The third-order valence-corrected chi connectivity index (χ3v) is 6.34. The third-order valence-electron chi connectivity index (χ3n) is 4.97. The molecule has 0 radical (unpaired) electrons. The maximum Gasteiger partial charge on any atom is 0.342 e. The Morgan fingerprint density at radius 2 is 1.64 bits per heavy atom. The molecule has 0 bridgehead atoms. The van der Waals surface area contributed by atoms with Crippen LogP contribution in [0.15, 0.2) is 65.6 Å². The molecule has 0 aliphatic carbocycles. The van der Waals surface area contributed by atoms with Gasteiger partial charge in [0.05, 0.1) is 7.11 Å². The normalized spacial score (nSPS) is 11.0. The van der Waals surface area contributed by atoms with Gasteiger partial charge in [0.25, 0.3) is 0 Å². The van der Waals surface area contributed by atoms with Gasteiger partial charge in [-0.05, 0) is 68.3 Å². The van der Waals surface area contributed by atoms with E-state index >= 15 is 0 Å². The number of carbonyl (C=O) groups is 2. The van der Waals surface area contributed by atoms with Gasteiger partial charge in [-0.15, -0.1) is 0 Å². The summed E-state index contributed by atoms with van der Waals surface area (Å²) in [6.45, 7) is 4.69. The lowest BCUT2D eigenvalue weighted by Gasteiger charge is -2.14. The topological polar surface area (TPSA) is 96.0 Å². The molecule has 0 aliphatic rings. The number of Topliss-reactive ketones (excluding diaryl/α,β-unsaturated/α-hetero) is 1. The largest absolute Gasteiger partial charge is 0.496 e. The van der Waals surface area contributed by atoms with Gasteiger partial charge in [-0.1, -0.05) is 24.3 Å². The summed E-state index contributed by atoms with van der Waals surface area (Å²) in [4.78, 5) is 24.5. The first-order valence-corrected chi connectivity index (χ1v) is 11.5. The van der Waals surface area contributed by atoms with E-state index in [1.165, 1.54) is 32.2 Å². The van der Waals surface area contributed by atoms with Gasteiger partial charge in [0.2, 0.25) is 0 Å². The molecule has 172 valence electrons. The molecule has 3 aromatic rings. The summed E-state index contributed by atoms with van der Waals surface area (Å²) in [7, 11) is -2.71. The second kappa shape index (κ2) is 9.87. The highest BCUT2D eigenvalue weighted by molar-refractivity contribution is 7.87. The SMILES string of the molecule is COc1ccc(C(C)=O)cc1COC(=O)c1ccccc1OS(=O)(=O)c1cc(C)ccc1C. The maximum atomic E-state index is 12.9. The highest BCUT2D eigenvalue weighted by atomic mass is 32.2. The lowest BCUT2D eigenvalue weighted by atomic mass is 10.1. The van der Waals surface area contributed by atoms with Crippen LogP contribution in [0.2, 0.25) is 0 Å². The van der Waals surface area contributed by atoms with Crippen molar-refractivity contribution < 1.29 is 31.7 Å². The van der Waals surface area contributed by atoms with Crippen molar-refractivity contribution in [2.24, 2.45) is 0 Å². The molecule has 0 atom stereocenters. The first-order chi connectivity index (χ1) is 15.6. The number of methoxy groups -OCH3 is 1. The smallest absolute Gasteiger partial charge is 0.342 e. The minimum Gasteiger partial charge on any atom is -0.496 e. The van der Waals surface area contributed by atoms with Crippen molar-refractivity contribution in [2.45, 2.75) is 32.3 Å². The zero-order chi connectivity index (χ0) is 24.2. The molecular formula is C25H24O7S. The maximum absolute atomic E-state index is 12.9. The number of esters is 1. The van der Waals surface area contributed by atoms with Gasteiger partial charge < -0.3 is 13.7 Å². The number of hydrogen-bond donors (Lipinski definition) is 0. The fourth-order valence-electron chi connectivity index (χ4n) is 3.18. The fraction of sp³-hybridized carbons (Fsp3) is 0.200. The van der Waals surface area contributed by atoms with Crippen LogP contribution >= 0.6 is 0 Å². The van der Waals surface area contributed by atoms with Crippen LogP contribution in [0, 0.1) is 13.8 Å². The Bertz CT molecular complexity index is 1310. The highest BCUT2D eigenvalue weighted by Crippen LogP contribution is 2.27. The number of para-hydroxylation sites is 1. The van der Waals surface area contributed by atoms with E-state index in [0.29, 0.717) is 22.4 Å². The van der Waals surface area contributed by atoms with Gasteiger partial charge in [-0.3, -0.25) is 4.79 Å². The molecule has 0 saturated heterocycles. The van der Waals surface area contributed by atoms with Crippen LogP contribution in [0.4, 0.5) is 0 Å². The van der Waals surface area contributed by atoms with Gasteiger partial charge in [0.1, 0.15) is 22.8 Å². The van der Waals surface area contributed by atoms with E-state index in [-0.39, 0.29) is 28.6 Å². The Kier molecular flexibility index (Phi) is 7.18. The summed E-state index contributed by atoms with van der Waals surface area (Å²) < 4.78 is 41.8. The van der Waals surface area contributed by atoms with E-state index in [2.05, 4.69) is 0 Å². The van der Waals surface area contributed by atoms with Gasteiger partial charge in [-0.2, -0.15) is 8.42 Å². The molecule has 0 unspecified atom stereocenters. The number of hydrogen-bond acceptors (Lipinski definition) is 7. The zero-order valence-electron chi connectivity index (χ0n) is 18.7. The second-order valence-electron chi connectivity index (χ2n) is 7.46. The average Bonchev–Trinajstić information content (AvgIpc) is 2.78. The fourth-order valence-corrected chi connectivity index (χ4v) is 4.44. The summed E-state index contributed by atoms with van der Waals surface area (Å²) in [5, 5.41) is 0. The summed E-state index contributed by atoms with van der Waals surface area (Å²) >= 11 is 0. The van der Waals surface area contributed by atoms with Crippen molar-refractivity contribution in [3.05, 3.63) is 88.5 Å².